The lowest BCUT2D eigenvalue weighted by Crippen LogP contribution is -2.35. The molecular weight excluding hydrogens is 391 g/mol. The van der Waals surface area contributed by atoms with Gasteiger partial charge in [0.2, 0.25) is 0 Å². The Morgan fingerprint density at radius 2 is 1.46 bits per heavy atom. The largest absolute Gasteiger partial charge is 0.484 e. The Balaban J connectivity index is 5.01. The first-order chi connectivity index (χ1) is 12.0. The molecule has 0 amide bonds. The van der Waals surface area contributed by atoms with Gasteiger partial charge in [0.05, 0.1) is 19.6 Å². The zero-order valence-corrected chi connectivity index (χ0v) is 16.7. The molecule has 0 saturated carbocycles. The normalized spacial score (nSPS) is 13.2. The lowest BCUT2D eigenvalue weighted by atomic mass is 10.2. The van der Waals surface area contributed by atoms with Crippen LogP contribution in [0, 0.1) is 0 Å². The Morgan fingerprint density at radius 3 is 1.92 bits per heavy atom. The molecule has 0 aliphatic heterocycles. The summed E-state index contributed by atoms with van der Waals surface area (Å²) in [5.41, 5.74) is 0. The van der Waals surface area contributed by atoms with Crippen LogP contribution in [0.5, 0.6) is 0 Å². The molecular formula is C14H27O10PS. The number of rotatable bonds is 14. The van der Waals surface area contributed by atoms with Crippen molar-refractivity contribution >= 4 is 29.9 Å². The fraction of sp³-hybridized carbons (Fsp3) is 0.857. The predicted octanol–water partition coefficient (Wildman–Crippen LogP) is 1.65. The van der Waals surface area contributed by atoms with Crippen LogP contribution in [0.15, 0.2) is 0 Å². The molecule has 10 nitrogen and oxygen atoms in total. The molecule has 0 aliphatic carbocycles. The van der Waals surface area contributed by atoms with E-state index < -0.39 is 41.6 Å². The Bertz CT molecular complexity index is 583. The number of esters is 2. The van der Waals surface area contributed by atoms with Crippen LogP contribution >= 0.6 is 7.82 Å². The monoisotopic (exact) mass is 418 g/mol. The molecule has 0 rings (SSSR count). The van der Waals surface area contributed by atoms with Crippen LogP contribution in [-0.4, -0.2) is 48.6 Å². The summed E-state index contributed by atoms with van der Waals surface area (Å²) < 4.78 is 48.1. The van der Waals surface area contributed by atoms with Crippen LogP contribution in [0.25, 0.3) is 0 Å². The molecule has 0 aliphatic rings. The van der Waals surface area contributed by atoms with Gasteiger partial charge in [-0.3, -0.25) is 9.59 Å². The number of carbonyl (C=O) groups is 2. The molecule has 12 heteroatoms. The molecule has 0 aromatic rings. The molecule has 154 valence electrons. The van der Waals surface area contributed by atoms with Crippen molar-refractivity contribution in [3.05, 3.63) is 0 Å². The van der Waals surface area contributed by atoms with Crippen LogP contribution in [0.2, 0.25) is 0 Å². The Morgan fingerprint density at radius 1 is 0.962 bits per heavy atom. The third-order valence-corrected chi connectivity index (χ3v) is 5.83. The minimum atomic E-state index is -5.44. The molecule has 0 fully saturated rings. The molecule has 0 aromatic carbocycles. The van der Waals surface area contributed by atoms with Gasteiger partial charge in [-0.2, -0.15) is 12.4 Å². The third-order valence-electron chi connectivity index (χ3n) is 3.17. The standard InChI is InChI=1S/C14H27O10PS/c1-3-5-7-9-22-13(15)11-12(14(16)23-10-8-6-4-2)26(20,21)24-25(17,18)19/h12H,3-11H2,1-2H3,(H2,17,18,19). The molecule has 1 atom stereocenters. The van der Waals surface area contributed by atoms with Gasteiger partial charge < -0.3 is 19.3 Å². The lowest BCUT2D eigenvalue weighted by Gasteiger charge is -2.16. The van der Waals surface area contributed by atoms with E-state index in [4.69, 9.17) is 19.3 Å². The number of carbonyl (C=O) groups excluding carboxylic acids is 2. The van der Waals surface area contributed by atoms with Crippen molar-refractivity contribution in [1.29, 1.82) is 0 Å². The Hall–Kier alpha value is -1.00. The number of ether oxygens (including phenoxy) is 2. The molecule has 2 N–H and O–H groups in total. The molecule has 1 unspecified atom stereocenters. The van der Waals surface area contributed by atoms with Crippen molar-refractivity contribution < 1.29 is 45.8 Å². The van der Waals surface area contributed by atoms with E-state index in [2.05, 4.69) is 3.97 Å². The van der Waals surface area contributed by atoms with Gasteiger partial charge >= 0.3 is 19.8 Å². The Kier molecular flexibility index (Phi) is 11.9. The number of hydrogen-bond acceptors (Lipinski definition) is 8. The van der Waals surface area contributed by atoms with E-state index in [9.17, 15) is 22.6 Å². The first kappa shape index (κ1) is 25.0. The quantitative estimate of drug-likeness (QED) is 0.242. The molecule has 26 heavy (non-hydrogen) atoms. The van der Waals surface area contributed by atoms with E-state index in [-0.39, 0.29) is 13.2 Å². The fourth-order valence-electron chi connectivity index (χ4n) is 1.86. The smallest absolute Gasteiger partial charge is 0.466 e. The maximum absolute atomic E-state index is 12.0. The van der Waals surface area contributed by atoms with Crippen LogP contribution in [-0.2, 0) is 37.7 Å². The number of hydrogen-bond donors (Lipinski definition) is 2. The second-order valence-electron chi connectivity index (χ2n) is 5.55. The third kappa shape index (κ3) is 11.6. The van der Waals surface area contributed by atoms with Crippen molar-refractivity contribution in [2.75, 3.05) is 13.2 Å². The van der Waals surface area contributed by atoms with Gasteiger partial charge in [0, 0.05) is 0 Å². The average Bonchev–Trinajstić information content (AvgIpc) is 2.50. The van der Waals surface area contributed by atoms with Crippen molar-refractivity contribution in [2.24, 2.45) is 0 Å². The highest BCUT2D eigenvalue weighted by atomic mass is 32.2. The van der Waals surface area contributed by atoms with E-state index in [1.807, 2.05) is 13.8 Å². The van der Waals surface area contributed by atoms with Gasteiger partial charge in [0.15, 0.2) is 5.25 Å². The molecule has 0 spiro atoms. The van der Waals surface area contributed by atoms with Crippen molar-refractivity contribution in [3.63, 3.8) is 0 Å². The first-order valence-electron chi connectivity index (χ1n) is 8.36. The van der Waals surface area contributed by atoms with Gasteiger partial charge in [-0.25, -0.2) is 4.57 Å². The summed E-state index contributed by atoms with van der Waals surface area (Å²) in [4.78, 5) is 41.2. The lowest BCUT2D eigenvalue weighted by molar-refractivity contribution is -0.150. The van der Waals surface area contributed by atoms with Gasteiger partial charge in [-0.15, -0.1) is 0 Å². The van der Waals surface area contributed by atoms with Gasteiger partial charge in [0.1, 0.15) is 0 Å². The van der Waals surface area contributed by atoms with Crippen molar-refractivity contribution in [2.45, 2.75) is 64.0 Å². The van der Waals surface area contributed by atoms with Crippen molar-refractivity contribution in [1.82, 2.24) is 0 Å². The fourth-order valence-corrected chi connectivity index (χ4v) is 4.00. The molecule has 0 radical (unpaired) electrons. The molecule has 0 aromatic heterocycles. The maximum Gasteiger partial charge on any atom is 0.484 e. The molecule has 0 heterocycles. The minimum Gasteiger partial charge on any atom is -0.466 e. The molecule has 0 saturated heterocycles. The first-order valence-corrected chi connectivity index (χ1v) is 11.4. The summed E-state index contributed by atoms with van der Waals surface area (Å²) in [5.74, 6) is -2.32. The van der Waals surface area contributed by atoms with Crippen LogP contribution in [0.3, 0.4) is 0 Å². The van der Waals surface area contributed by atoms with Gasteiger partial charge in [0.25, 0.3) is 10.1 Å². The summed E-state index contributed by atoms with van der Waals surface area (Å²) >= 11 is 0. The second-order valence-corrected chi connectivity index (χ2v) is 8.68. The van der Waals surface area contributed by atoms with E-state index >= 15 is 0 Å². The summed E-state index contributed by atoms with van der Waals surface area (Å²) in [6.45, 7) is 3.82. The maximum atomic E-state index is 12.0. The highest BCUT2D eigenvalue weighted by Gasteiger charge is 2.41. The van der Waals surface area contributed by atoms with E-state index in [1.165, 1.54) is 0 Å². The van der Waals surface area contributed by atoms with Crippen LogP contribution in [0.4, 0.5) is 0 Å². The van der Waals surface area contributed by atoms with Crippen molar-refractivity contribution in [3.8, 4) is 0 Å². The second kappa shape index (κ2) is 12.4. The highest BCUT2D eigenvalue weighted by molar-refractivity contribution is 7.91. The van der Waals surface area contributed by atoms with E-state index in [0.717, 1.165) is 25.7 Å². The van der Waals surface area contributed by atoms with E-state index in [0.29, 0.717) is 12.8 Å². The zero-order chi connectivity index (χ0) is 20.2. The molecule has 0 bridgehead atoms. The van der Waals surface area contributed by atoms with Crippen LogP contribution < -0.4 is 0 Å². The summed E-state index contributed by atoms with van der Waals surface area (Å²) in [6.07, 6.45) is 3.36. The topological polar surface area (TPSA) is 154 Å². The van der Waals surface area contributed by atoms with Gasteiger partial charge in [-0.05, 0) is 12.8 Å². The van der Waals surface area contributed by atoms with Gasteiger partial charge in [-0.1, -0.05) is 39.5 Å². The SMILES string of the molecule is CCCCCOC(=O)CC(C(=O)OCCCCC)S(=O)(=O)OP(=O)(O)O. The predicted molar refractivity (Wildman–Crippen MR) is 91.4 cm³/mol. The van der Waals surface area contributed by atoms with Crippen LogP contribution in [0.1, 0.15) is 58.8 Å². The minimum absolute atomic E-state index is 0.0460. The summed E-state index contributed by atoms with van der Waals surface area (Å²) in [6, 6.07) is 0. The Labute approximate surface area is 153 Å². The number of unbranched alkanes of at least 4 members (excludes halogenated alkanes) is 4. The number of phosphoric acid groups is 1. The highest BCUT2D eigenvalue weighted by Crippen LogP contribution is 2.39. The summed E-state index contributed by atoms with van der Waals surface area (Å²) in [5, 5.41) is -2.21. The van der Waals surface area contributed by atoms with E-state index in [1.54, 1.807) is 0 Å². The summed E-state index contributed by atoms with van der Waals surface area (Å²) in [7, 11) is -10.5. The zero-order valence-electron chi connectivity index (χ0n) is 15.0. The average molecular weight is 418 g/mol.